The third kappa shape index (κ3) is 6.27. The molecule has 0 heterocycles. The number of rotatable bonds is 4. The molecular formula is C8H13F3N2OS. The molecule has 0 aliphatic rings. The highest BCUT2D eigenvalue weighted by Gasteiger charge is 2.31. The Morgan fingerprint density at radius 1 is 1.47 bits per heavy atom. The number of carbonyl (C=O) groups is 1. The largest absolute Gasteiger partial charge is 0.393 e. The number of nitrogens with one attached hydrogen (secondary N) is 1. The van der Waals surface area contributed by atoms with Gasteiger partial charge < -0.3 is 11.1 Å². The van der Waals surface area contributed by atoms with Crippen molar-refractivity contribution in [3.63, 3.8) is 0 Å². The van der Waals surface area contributed by atoms with Crippen molar-refractivity contribution in [2.24, 2.45) is 11.7 Å². The van der Waals surface area contributed by atoms with Crippen LogP contribution < -0.4 is 11.1 Å². The summed E-state index contributed by atoms with van der Waals surface area (Å²) < 4.78 is 35.7. The van der Waals surface area contributed by atoms with E-state index in [1.165, 1.54) is 13.8 Å². The van der Waals surface area contributed by atoms with Crippen LogP contribution in [0.4, 0.5) is 13.2 Å². The summed E-state index contributed by atoms with van der Waals surface area (Å²) in [5.41, 5.74) is 5.19. The number of hydrogen-bond donors (Lipinski definition) is 2. The lowest BCUT2D eigenvalue weighted by molar-refractivity contribution is -0.141. The van der Waals surface area contributed by atoms with Crippen LogP contribution >= 0.6 is 12.2 Å². The van der Waals surface area contributed by atoms with Gasteiger partial charge in [-0.1, -0.05) is 12.2 Å². The minimum Gasteiger partial charge on any atom is -0.393 e. The normalized spacial score (nSPS) is 15.5. The van der Waals surface area contributed by atoms with Crippen LogP contribution in [0, 0.1) is 5.92 Å². The highest BCUT2D eigenvalue weighted by molar-refractivity contribution is 7.80. The molecule has 0 saturated heterocycles. The second-order valence-corrected chi connectivity index (χ2v) is 3.82. The molecule has 0 radical (unpaired) electrons. The Labute approximate surface area is 91.2 Å². The van der Waals surface area contributed by atoms with Crippen LogP contribution in [0.1, 0.15) is 20.3 Å². The third-order valence-electron chi connectivity index (χ3n) is 1.75. The first-order valence-electron chi connectivity index (χ1n) is 4.30. The Kier molecular flexibility index (Phi) is 4.99. The van der Waals surface area contributed by atoms with Gasteiger partial charge in [0.25, 0.3) is 0 Å². The Hall–Kier alpha value is -0.850. The Morgan fingerprint density at radius 2 is 1.93 bits per heavy atom. The van der Waals surface area contributed by atoms with E-state index in [2.05, 4.69) is 17.5 Å². The summed E-state index contributed by atoms with van der Waals surface area (Å²) in [6.45, 7) is 2.72. The smallest absolute Gasteiger partial charge is 0.391 e. The SMILES string of the molecule is CC(CC(F)(F)F)NC(=O)C(C)C(N)=S. The van der Waals surface area contributed by atoms with E-state index in [1.54, 1.807) is 0 Å². The van der Waals surface area contributed by atoms with E-state index in [4.69, 9.17) is 5.73 Å². The van der Waals surface area contributed by atoms with Crippen LogP contribution in [0.25, 0.3) is 0 Å². The van der Waals surface area contributed by atoms with Gasteiger partial charge in [0.05, 0.1) is 17.3 Å². The standard InChI is InChI=1S/C8H13F3N2OS/c1-4(3-8(9,10)11)13-7(14)5(2)6(12)15/h4-5H,3H2,1-2H3,(H2,12,15)(H,13,14). The van der Waals surface area contributed by atoms with E-state index in [-0.39, 0.29) is 4.99 Å². The first kappa shape index (κ1) is 14.2. The summed E-state index contributed by atoms with van der Waals surface area (Å²) in [7, 11) is 0. The summed E-state index contributed by atoms with van der Waals surface area (Å²) in [6, 6.07) is -0.978. The molecule has 0 aromatic rings. The predicted octanol–water partition coefficient (Wildman–Crippen LogP) is 1.37. The van der Waals surface area contributed by atoms with Crippen molar-refractivity contribution in [2.75, 3.05) is 0 Å². The Morgan fingerprint density at radius 3 is 2.27 bits per heavy atom. The van der Waals surface area contributed by atoms with Crippen LogP contribution in [0.5, 0.6) is 0 Å². The molecule has 0 bridgehead atoms. The third-order valence-corrected chi connectivity index (χ3v) is 2.10. The molecule has 3 N–H and O–H groups in total. The summed E-state index contributed by atoms with van der Waals surface area (Å²) >= 11 is 4.55. The lowest BCUT2D eigenvalue weighted by Gasteiger charge is -2.18. The summed E-state index contributed by atoms with van der Waals surface area (Å²) in [4.78, 5) is 11.2. The van der Waals surface area contributed by atoms with Gasteiger partial charge in [-0.05, 0) is 13.8 Å². The van der Waals surface area contributed by atoms with Crippen molar-refractivity contribution in [3.05, 3.63) is 0 Å². The number of halogens is 3. The molecule has 88 valence electrons. The number of amides is 1. The van der Waals surface area contributed by atoms with Crippen molar-refractivity contribution in [1.29, 1.82) is 0 Å². The van der Waals surface area contributed by atoms with E-state index in [0.29, 0.717) is 0 Å². The minimum atomic E-state index is -4.29. The van der Waals surface area contributed by atoms with Gasteiger partial charge in [-0.3, -0.25) is 4.79 Å². The van der Waals surface area contributed by atoms with E-state index in [1.807, 2.05) is 0 Å². The number of hydrogen-bond acceptors (Lipinski definition) is 2. The fraction of sp³-hybridized carbons (Fsp3) is 0.750. The Bertz CT molecular complexity index is 255. The maximum absolute atomic E-state index is 11.9. The number of thiocarbonyl (C=S) groups is 1. The van der Waals surface area contributed by atoms with Crippen LogP contribution in [-0.4, -0.2) is 23.1 Å². The van der Waals surface area contributed by atoms with Crippen LogP contribution in [0.15, 0.2) is 0 Å². The zero-order valence-corrected chi connectivity index (χ0v) is 9.21. The topological polar surface area (TPSA) is 55.1 Å². The fourth-order valence-corrected chi connectivity index (χ4v) is 1.00. The number of carbonyl (C=O) groups excluding carboxylic acids is 1. The molecule has 0 spiro atoms. The lowest BCUT2D eigenvalue weighted by Crippen LogP contribution is -2.42. The lowest BCUT2D eigenvalue weighted by atomic mass is 10.1. The molecule has 0 rings (SSSR count). The molecule has 1 amide bonds. The van der Waals surface area contributed by atoms with Crippen LogP contribution in [0.3, 0.4) is 0 Å². The van der Waals surface area contributed by atoms with Crippen LogP contribution in [0.2, 0.25) is 0 Å². The monoisotopic (exact) mass is 242 g/mol. The van der Waals surface area contributed by atoms with Crippen molar-refractivity contribution in [1.82, 2.24) is 5.32 Å². The Balaban J connectivity index is 4.13. The van der Waals surface area contributed by atoms with Crippen molar-refractivity contribution in [2.45, 2.75) is 32.5 Å². The van der Waals surface area contributed by atoms with E-state index in [0.717, 1.165) is 0 Å². The molecule has 3 nitrogen and oxygen atoms in total. The van der Waals surface area contributed by atoms with Gasteiger partial charge in [0, 0.05) is 6.04 Å². The molecule has 0 saturated carbocycles. The average Bonchev–Trinajstić information content (AvgIpc) is 1.98. The zero-order chi connectivity index (χ0) is 12.2. The molecule has 0 fully saturated rings. The number of alkyl halides is 3. The quantitative estimate of drug-likeness (QED) is 0.732. The van der Waals surface area contributed by atoms with E-state index < -0.39 is 30.5 Å². The first-order chi connectivity index (χ1) is 6.63. The molecule has 2 atom stereocenters. The highest BCUT2D eigenvalue weighted by atomic mass is 32.1. The van der Waals surface area contributed by atoms with Gasteiger partial charge in [0.2, 0.25) is 5.91 Å². The van der Waals surface area contributed by atoms with Gasteiger partial charge >= 0.3 is 6.18 Å². The van der Waals surface area contributed by atoms with Crippen molar-refractivity contribution >= 4 is 23.1 Å². The zero-order valence-electron chi connectivity index (χ0n) is 8.39. The molecule has 0 aliphatic carbocycles. The minimum absolute atomic E-state index is 0.0355. The number of nitrogens with two attached hydrogens (primary N) is 1. The molecule has 7 heteroatoms. The maximum atomic E-state index is 11.9. The van der Waals surface area contributed by atoms with Crippen LogP contribution in [-0.2, 0) is 4.79 Å². The fourth-order valence-electron chi connectivity index (χ4n) is 0.895. The van der Waals surface area contributed by atoms with E-state index >= 15 is 0 Å². The molecule has 15 heavy (non-hydrogen) atoms. The molecule has 2 unspecified atom stereocenters. The average molecular weight is 242 g/mol. The summed E-state index contributed by atoms with van der Waals surface area (Å²) in [5, 5.41) is 2.19. The van der Waals surface area contributed by atoms with E-state index in [9.17, 15) is 18.0 Å². The summed E-state index contributed by atoms with van der Waals surface area (Å²) in [5.74, 6) is -1.34. The molecule has 0 aliphatic heterocycles. The van der Waals surface area contributed by atoms with Gasteiger partial charge in [-0.15, -0.1) is 0 Å². The van der Waals surface area contributed by atoms with Crippen molar-refractivity contribution in [3.8, 4) is 0 Å². The van der Waals surface area contributed by atoms with Crippen molar-refractivity contribution < 1.29 is 18.0 Å². The highest BCUT2D eigenvalue weighted by Crippen LogP contribution is 2.21. The molecule has 0 aromatic carbocycles. The second-order valence-electron chi connectivity index (χ2n) is 3.35. The van der Waals surface area contributed by atoms with Gasteiger partial charge in [0.1, 0.15) is 0 Å². The van der Waals surface area contributed by atoms with Gasteiger partial charge in [-0.25, -0.2) is 0 Å². The first-order valence-corrected chi connectivity index (χ1v) is 4.70. The second kappa shape index (κ2) is 5.29. The van der Waals surface area contributed by atoms with Gasteiger partial charge in [-0.2, -0.15) is 13.2 Å². The molecule has 0 aromatic heterocycles. The molecular weight excluding hydrogens is 229 g/mol. The summed E-state index contributed by atoms with van der Waals surface area (Å²) in [6.07, 6.45) is -5.36. The predicted molar refractivity (Wildman–Crippen MR) is 54.2 cm³/mol. The maximum Gasteiger partial charge on any atom is 0.391 e. The van der Waals surface area contributed by atoms with Gasteiger partial charge in [0.15, 0.2) is 0 Å².